The number of para-hydroxylation sites is 2. The third-order valence-electron chi connectivity index (χ3n) is 4.34. The molecule has 1 amide bonds. The van der Waals surface area contributed by atoms with Gasteiger partial charge in [0.05, 0.1) is 11.0 Å². The predicted molar refractivity (Wildman–Crippen MR) is 116 cm³/mol. The Morgan fingerprint density at radius 3 is 2.59 bits per heavy atom. The number of aryl methyl sites for hydroxylation is 1. The maximum Gasteiger partial charge on any atom is 0.258 e. The second kappa shape index (κ2) is 9.56. The van der Waals surface area contributed by atoms with Crippen LogP contribution in [0, 0.1) is 0 Å². The molecule has 29 heavy (non-hydrogen) atoms. The smallest absolute Gasteiger partial charge is 0.258 e. The number of amides is 1. The topological polar surface area (TPSA) is 79.0 Å². The Balaban J connectivity index is 1.34. The normalized spacial score (nSPS) is 11.6. The molecule has 0 aliphatic rings. The van der Waals surface area contributed by atoms with E-state index in [1.54, 1.807) is 0 Å². The van der Waals surface area contributed by atoms with Crippen molar-refractivity contribution in [2.75, 3.05) is 13.2 Å². The van der Waals surface area contributed by atoms with Crippen molar-refractivity contribution < 1.29 is 9.53 Å². The summed E-state index contributed by atoms with van der Waals surface area (Å²) >= 11 is 0. The van der Waals surface area contributed by atoms with Crippen molar-refractivity contribution >= 4 is 16.9 Å². The number of hydrogen-bond donors (Lipinski definition) is 3. The Hall–Kier alpha value is -2.86. The number of benzene rings is 2. The van der Waals surface area contributed by atoms with Gasteiger partial charge in [-0.05, 0) is 63.6 Å². The molecule has 3 rings (SSSR count). The van der Waals surface area contributed by atoms with E-state index in [0.717, 1.165) is 42.8 Å². The number of carbonyl (C=O) groups is 1. The van der Waals surface area contributed by atoms with Crippen molar-refractivity contribution in [3.8, 4) is 5.75 Å². The van der Waals surface area contributed by atoms with Gasteiger partial charge in [-0.3, -0.25) is 4.79 Å². The molecule has 6 nitrogen and oxygen atoms in total. The van der Waals surface area contributed by atoms with E-state index in [9.17, 15) is 4.79 Å². The number of carbonyl (C=O) groups excluding carboxylic acids is 1. The summed E-state index contributed by atoms with van der Waals surface area (Å²) in [5, 5.41) is 6.33. The van der Waals surface area contributed by atoms with Crippen molar-refractivity contribution in [3.63, 3.8) is 0 Å². The van der Waals surface area contributed by atoms with Gasteiger partial charge in [-0.2, -0.15) is 0 Å². The van der Waals surface area contributed by atoms with Gasteiger partial charge in [-0.1, -0.05) is 24.3 Å². The summed E-state index contributed by atoms with van der Waals surface area (Å²) in [6.07, 6.45) is 1.94. The van der Waals surface area contributed by atoms with E-state index in [1.807, 2.05) is 63.2 Å². The fourth-order valence-corrected chi connectivity index (χ4v) is 3.04. The highest BCUT2D eigenvalue weighted by Crippen LogP contribution is 2.13. The van der Waals surface area contributed by atoms with Crippen LogP contribution in [-0.2, 0) is 17.8 Å². The SMILES string of the molecule is CC(C)(C)NC(=O)COc1ccc(CNCCCc2nc3ccccc3[nH]2)cc1. The molecule has 0 radical (unpaired) electrons. The van der Waals surface area contributed by atoms with Gasteiger partial charge in [0.15, 0.2) is 6.61 Å². The number of aromatic amines is 1. The molecule has 154 valence electrons. The molecule has 3 N–H and O–H groups in total. The minimum absolute atomic E-state index is 0.0245. The second-order valence-corrected chi connectivity index (χ2v) is 8.21. The Morgan fingerprint density at radius 2 is 1.86 bits per heavy atom. The monoisotopic (exact) mass is 394 g/mol. The summed E-state index contributed by atoms with van der Waals surface area (Å²) < 4.78 is 5.54. The van der Waals surface area contributed by atoms with E-state index < -0.39 is 0 Å². The van der Waals surface area contributed by atoms with Gasteiger partial charge in [-0.25, -0.2) is 4.98 Å². The Bertz CT molecular complexity index is 893. The van der Waals surface area contributed by atoms with Gasteiger partial charge in [-0.15, -0.1) is 0 Å². The van der Waals surface area contributed by atoms with E-state index in [0.29, 0.717) is 5.75 Å². The molecule has 0 saturated heterocycles. The highest BCUT2D eigenvalue weighted by molar-refractivity contribution is 5.78. The lowest BCUT2D eigenvalue weighted by Crippen LogP contribution is -2.43. The summed E-state index contributed by atoms with van der Waals surface area (Å²) in [5.41, 5.74) is 3.04. The van der Waals surface area contributed by atoms with Crippen LogP contribution >= 0.6 is 0 Å². The van der Waals surface area contributed by atoms with Crippen molar-refractivity contribution in [1.29, 1.82) is 0 Å². The Labute approximate surface area is 172 Å². The number of aromatic nitrogens is 2. The quantitative estimate of drug-likeness (QED) is 0.485. The molecule has 0 aliphatic carbocycles. The minimum atomic E-state index is -0.250. The van der Waals surface area contributed by atoms with Crippen LogP contribution in [0.25, 0.3) is 11.0 Å². The van der Waals surface area contributed by atoms with Crippen LogP contribution in [0.2, 0.25) is 0 Å². The van der Waals surface area contributed by atoms with E-state index >= 15 is 0 Å². The Kier molecular flexibility index (Phi) is 6.88. The van der Waals surface area contributed by atoms with Crippen LogP contribution in [0.1, 0.15) is 38.6 Å². The first-order valence-corrected chi connectivity index (χ1v) is 10.1. The van der Waals surface area contributed by atoms with E-state index in [4.69, 9.17) is 4.74 Å². The number of H-pyrrole nitrogens is 1. The highest BCUT2D eigenvalue weighted by atomic mass is 16.5. The molecular weight excluding hydrogens is 364 g/mol. The van der Waals surface area contributed by atoms with Crippen LogP contribution < -0.4 is 15.4 Å². The first-order chi connectivity index (χ1) is 13.9. The zero-order chi connectivity index (χ0) is 20.7. The molecule has 0 aliphatic heterocycles. The van der Waals surface area contributed by atoms with Crippen molar-refractivity contribution in [3.05, 3.63) is 59.9 Å². The zero-order valence-corrected chi connectivity index (χ0v) is 17.4. The number of nitrogens with zero attached hydrogens (tertiary/aromatic N) is 1. The summed E-state index contributed by atoms with van der Waals surface area (Å²) in [6, 6.07) is 15.9. The van der Waals surface area contributed by atoms with Gasteiger partial charge < -0.3 is 20.4 Å². The maximum atomic E-state index is 11.8. The van der Waals surface area contributed by atoms with E-state index in [1.165, 1.54) is 5.56 Å². The highest BCUT2D eigenvalue weighted by Gasteiger charge is 2.13. The molecule has 0 saturated carbocycles. The lowest BCUT2D eigenvalue weighted by Gasteiger charge is -2.20. The predicted octanol–water partition coefficient (Wildman–Crippen LogP) is 3.58. The number of imidazole rings is 1. The summed E-state index contributed by atoms with van der Waals surface area (Å²) in [4.78, 5) is 19.8. The van der Waals surface area contributed by atoms with Crippen LogP contribution in [0.5, 0.6) is 5.75 Å². The van der Waals surface area contributed by atoms with Gasteiger partial charge in [0.2, 0.25) is 0 Å². The van der Waals surface area contributed by atoms with Crippen LogP contribution in [0.3, 0.4) is 0 Å². The van der Waals surface area contributed by atoms with E-state index in [-0.39, 0.29) is 18.1 Å². The molecule has 0 unspecified atom stereocenters. The molecule has 0 spiro atoms. The van der Waals surface area contributed by atoms with Crippen molar-refractivity contribution in [2.45, 2.75) is 45.7 Å². The number of fused-ring (bicyclic) bond motifs is 1. The molecule has 1 aromatic heterocycles. The van der Waals surface area contributed by atoms with Crippen LogP contribution in [0.4, 0.5) is 0 Å². The first kappa shape index (κ1) is 20.9. The standard InChI is InChI=1S/C23H30N4O2/c1-23(2,3)27-22(28)16-29-18-12-10-17(11-13-18)15-24-14-6-9-21-25-19-7-4-5-8-20(19)26-21/h4-5,7-8,10-13,24H,6,9,14-16H2,1-3H3,(H,25,26)(H,27,28). The fourth-order valence-electron chi connectivity index (χ4n) is 3.04. The molecule has 6 heteroatoms. The molecule has 0 fully saturated rings. The largest absolute Gasteiger partial charge is 0.484 e. The van der Waals surface area contributed by atoms with Crippen LogP contribution in [0.15, 0.2) is 48.5 Å². The Morgan fingerprint density at radius 1 is 1.10 bits per heavy atom. The van der Waals surface area contributed by atoms with Gasteiger partial charge in [0.25, 0.3) is 5.91 Å². The first-order valence-electron chi connectivity index (χ1n) is 10.1. The third kappa shape index (κ3) is 6.91. The molecule has 2 aromatic carbocycles. The number of hydrogen-bond acceptors (Lipinski definition) is 4. The summed E-state index contributed by atoms with van der Waals surface area (Å²) in [7, 11) is 0. The molecule has 1 heterocycles. The number of ether oxygens (including phenoxy) is 1. The number of nitrogens with one attached hydrogen (secondary N) is 3. The lowest BCUT2D eigenvalue weighted by molar-refractivity contribution is -0.124. The second-order valence-electron chi connectivity index (χ2n) is 8.21. The average Bonchev–Trinajstić information content (AvgIpc) is 3.08. The zero-order valence-electron chi connectivity index (χ0n) is 17.4. The van der Waals surface area contributed by atoms with E-state index in [2.05, 4.69) is 26.7 Å². The molecular formula is C23H30N4O2. The van der Waals surface area contributed by atoms with Crippen LogP contribution in [-0.4, -0.2) is 34.6 Å². The minimum Gasteiger partial charge on any atom is -0.484 e. The third-order valence-corrected chi connectivity index (χ3v) is 4.34. The molecule has 0 bridgehead atoms. The fraction of sp³-hybridized carbons (Fsp3) is 0.391. The van der Waals surface area contributed by atoms with Gasteiger partial charge in [0.1, 0.15) is 11.6 Å². The van der Waals surface area contributed by atoms with Gasteiger partial charge in [0, 0.05) is 18.5 Å². The lowest BCUT2D eigenvalue weighted by atomic mass is 10.1. The summed E-state index contributed by atoms with van der Waals surface area (Å²) in [5.74, 6) is 1.61. The van der Waals surface area contributed by atoms with Gasteiger partial charge >= 0.3 is 0 Å². The van der Waals surface area contributed by atoms with Crippen molar-refractivity contribution in [2.24, 2.45) is 0 Å². The summed E-state index contributed by atoms with van der Waals surface area (Å²) in [6.45, 7) is 7.58. The maximum absolute atomic E-state index is 11.8. The average molecular weight is 395 g/mol. The van der Waals surface area contributed by atoms with Crippen molar-refractivity contribution in [1.82, 2.24) is 20.6 Å². The number of rotatable bonds is 9. The molecule has 0 atom stereocenters. The molecule has 3 aromatic rings.